The monoisotopic (exact) mass is 414 g/mol. The molecule has 0 aliphatic carbocycles. The average molecular weight is 415 g/mol. The number of aromatic carboxylic acids is 1. The van der Waals surface area contributed by atoms with Crippen LogP contribution in [-0.4, -0.2) is 17.7 Å². The van der Waals surface area contributed by atoms with Crippen LogP contribution in [-0.2, 0) is 0 Å². The summed E-state index contributed by atoms with van der Waals surface area (Å²) in [6, 6.07) is 18.7. The minimum absolute atomic E-state index is 0.152. The first-order valence-electron chi connectivity index (χ1n) is 8.37. The molecule has 0 aliphatic rings. The van der Waals surface area contributed by atoms with E-state index in [9.17, 15) is 4.79 Å². The molecule has 0 aromatic heterocycles. The normalized spacial score (nSPS) is 10.8. The van der Waals surface area contributed by atoms with Crippen molar-refractivity contribution >= 4 is 35.2 Å². The summed E-state index contributed by atoms with van der Waals surface area (Å²) in [7, 11) is 0. The van der Waals surface area contributed by atoms with E-state index in [4.69, 9.17) is 37.8 Å². The third-order valence-corrected chi connectivity index (χ3v) is 4.32. The number of halogens is 2. The minimum atomic E-state index is -1.01. The summed E-state index contributed by atoms with van der Waals surface area (Å²) >= 11 is 12.0. The lowest BCUT2D eigenvalue weighted by Crippen LogP contribution is -1.98. The lowest BCUT2D eigenvalue weighted by atomic mass is 10.2. The second kappa shape index (κ2) is 9.31. The van der Waals surface area contributed by atoms with E-state index in [1.165, 1.54) is 12.1 Å². The fourth-order valence-corrected chi connectivity index (χ4v) is 2.89. The number of rotatable bonds is 7. The Morgan fingerprint density at radius 3 is 2.50 bits per heavy atom. The minimum Gasteiger partial charge on any atom is -0.486 e. The summed E-state index contributed by atoms with van der Waals surface area (Å²) < 4.78 is 11.6. The van der Waals surface area contributed by atoms with E-state index in [1.54, 1.807) is 36.4 Å². The van der Waals surface area contributed by atoms with E-state index < -0.39 is 5.97 Å². The van der Waals surface area contributed by atoms with Crippen LogP contribution in [0.15, 0.2) is 72.8 Å². The lowest BCUT2D eigenvalue weighted by molar-refractivity contribution is 0.0696. The number of para-hydroxylation sites is 2. The van der Waals surface area contributed by atoms with Gasteiger partial charge in [-0.25, -0.2) is 4.79 Å². The fraction of sp³-hybridized carbons (Fsp3) is 0.0455. The van der Waals surface area contributed by atoms with Crippen molar-refractivity contribution in [1.82, 2.24) is 0 Å². The maximum absolute atomic E-state index is 11.1. The van der Waals surface area contributed by atoms with Gasteiger partial charge in [-0.1, -0.05) is 53.5 Å². The van der Waals surface area contributed by atoms with Crippen LogP contribution in [0, 0.1) is 0 Å². The molecule has 6 heteroatoms. The summed E-state index contributed by atoms with van der Waals surface area (Å²) in [5.41, 5.74) is 0.989. The molecule has 0 saturated heterocycles. The Bertz CT molecular complexity index is 1010. The molecule has 0 fully saturated rings. The molecule has 3 rings (SSSR count). The molecule has 0 atom stereocenters. The highest BCUT2D eigenvalue weighted by Crippen LogP contribution is 2.31. The van der Waals surface area contributed by atoms with Gasteiger partial charge in [0.25, 0.3) is 0 Å². The van der Waals surface area contributed by atoms with Crippen molar-refractivity contribution in [3.05, 3.63) is 94.0 Å². The standard InChI is InChI=1S/C22H16Cl2O4/c23-17-11-10-15(19(24)14-17)6-4-12-27-20-8-1-2-9-21(20)28-18-7-3-5-16(13-18)22(25)26/h1-11,13-14H,12H2,(H,25,26)/b6-4+. The van der Waals surface area contributed by atoms with Gasteiger partial charge in [0.05, 0.1) is 5.56 Å². The number of carboxylic acid groups (broad SMARTS) is 1. The molecule has 28 heavy (non-hydrogen) atoms. The highest BCUT2D eigenvalue weighted by Gasteiger charge is 2.08. The summed E-state index contributed by atoms with van der Waals surface area (Å²) in [5, 5.41) is 10.2. The van der Waals surface area contributed by atoms with E-state index >= 15 is 0 Å². The molecule has 0 aliphatic heterocycles. The summed E-state index contributed by atoms with van der Waals surface area (Å²) in [5.74, 6) is 0.429. The molecule has 3 aromatic rings. The van der Waals surface area contributed by atoms with Gasteiger partial charge in [0, 0.05) is 10.0 Å². The van der Waals surface area contributed by atoms with E-state index in [0.717, 1.165) is 5.56 Å². The molecule has 3 aromatic carbocycles. The highest BCUT2D eigenvalue weighted by atomic mass is 35.5. The molecule has 0 radical (unpaired) electrons. The van der Waals surface area contributed by atoms with Crippen molar-refractivity contribution in [3.63, 3.8) is 0 Å². The quantitative estimate of drug-likeness (QED) is 0.474. The third-order valence-electron chi connectivity index (χ3n) is 3.75. The van der Waals surface area contributed by atoms with Gasteiger partial charge in [-0.3, -0.25) is 0 Å². The molecule has 0 spiro atoms. The van der Waals surface area contributed by atoms with Crippen LogP contribution >= 0.6 is 23.2 Å². The molecule has 0 saturated carbocycles. The van der Waals surface area contributed by atoms with Crippen molar-refractivity contribution in [2.75, 3.05) is 6.61 Å². The molecule has 1 N–H and O–H groups in total. The van der Waals surface area contributed by atoms with Gasteiger partial charge in [-0.2, -0.15) is 0 Å². The Balaban J connectivity index is 1.68. The number of hydrogen-bond acceptors (Lipinski definition) is 3. The van der Waals surface area contributed by atoms with Crippen LogP contribution in [0.5, 0.6) is 17.2 Å². The zero-order chi connectivity index (χ0) is 19.9. The Hall–Kier alpha value is -2.95. The van der Waals surface area contributed by atoms with E-state index in [2.05, 4.69) is 0 Å². The van der Waals surface area contributed by atoms with Crippen LogP contribution in [0.25, 0.3) is 6.08 Å². The van der Waals surface area contributed by atoms with Crippen molar-refractivity contribution in [2.24, 2.45) is 0 Å². The number of carboxylic acids is 1. The van der Waals surface area contributed by atoms with Crippen molar-refractivity contribution < 1.29 is 19.4 Å². The molecule has 0 unspecified atom stereocenters. The fourth-order valence-electron chi connectivity index (χ4n) is 2.42. The van der Waals surface area contributed by atoms with Gasteiger partial charge in [-0.05, 0) is 54.1 Å². The Morgan fingerprint density at radius 1 is 0.964 bits per heavy atom. The number of benzene rings is 3. The van der Waals surface area contributed by atoms with Crippen LogP contribution in [0.3, 0.4) is 0 Å². The Morgan fingerprint density at radius 2 is 1.75 bits per heavy atom. The van der Waals surface area contributed by atoms with Gasteiger partial charge in [0.15, 0.2) is 11.5 Å². The number of ether oxygens (including phenoxy) is 2. The molecule has 142 valence electrons. The van der Waals surface area contributed by atoms with Gasteiger partial charge >= 0.3 is 5.97 Å². The van der Waals surface area contributed by atoms with Crippen LogP contribution < -0.4 is 9.47 Å². The molecular formula is C22H16Cl2O4. The first kappa shape index (κ1) is 19.8. The van der Waals surface area contributed by atoms with Gasteiger partial charge in [0.2, 0.25) is 0 Å². The molecule has 0 amide bonds. The van der Waals surface area contributed by atoms with Crippen LogP contribution in [0.1, 0.15) is 15.9 Å². The predicted octanol–water partition coefficient (Wildman–Crippen LogP) is 6.58. The van der Waals surface area contributed by atoms with Crippen LogP contribution in [0.2, 0.25) is 10.0 Å². The lowest BCUT2D eigenvalue weighted by Gasteiger charge is -2.11. The average Bonchev–Trinajstić information content (AvgIpc) is 2.68. The first-order chi connectivity index (χ1) is 13.5. The number of carbonyl (C=O) groups is 1. The van der Waals surface area contributed by atoms with Gasteiger partial charge in [-0.15, -0.1) is 0 Å². The summed E-state index contributed by atoms with van der Waals surface area (Å²) in [6.45, 7) is 0.300. The third kappa shape index (κ3) is 5.28. The van der Waals surface area contributed by atoms with E-state index in [-0.39, 0.29) is 5.56 Å². The maximum atomic E-state index is 11.1. The summed E-state index contributed by atoms with van der Waals surface area (Å²) in [4.78, 5) is 11.1. The highest BCUT2D eigenvalue weighted by molar-refractivity contribution is 6.35. The Labute approximate surface area is 172 Å². The van der Waals surface area contributed by atoms with Crippen molar-refractivity contribution in [3.8, 4) is 17.2 Å². The first-order valence-corrected chi connectivity index (χ1v) is 9.13. The SMILES string of the molecule is O=C(O)c1cccc(Oc2ccccc2OC/C=C/c2ccc(Cl)cc2Cl)c1. The maximum Gasteiger partial charge on any atom is 0.335 e. The van der Waals surface area contributed by atoms with Crippen molar-refractivity contribution in [2.45, 2.75) is 0 Å². The Kier molecular flexibility index (Phi) is 6.58. The van der Waals surface area contributed by atoms with E-state index in [0.29, 0.717) is 33.9 Å². The zero-order valence-electron chi connectivity index (χ0n) is 14.6. The topological polar surface area (TPSA) is 55.8 Å². The molecule has 4 nitrogen and oxygen atoms in total. The van der Waals surface area contributed by atoms with Gasteiger partial charge in [0.1, 0.15) is 12.4 Å². The number of hydrogen-bond donors (Lipinski definition) is 1. The van der Waals surface area contributed by atoms with Crippen LogP contribution in [0.4, 0.5) is 0 Å². The zero-order valence-corrected chi connectivity index (χ0v) is 16.2. The molecule has 0 heterocycles. The van der Waals surface area contributed by atoms with Gasteiger partial charge < -0.3 is 14.6 Å². The second-order valence-corrected chi connectivity index (χ2v) is 6.60. The second-order valence-electron chi connectivity index (χ2n) is 5.76. The van der Waals surface area contributed by atoms with Crippen molar-refractivity contribution in [1.29, 1.82) is 0 Å². The largest absolute Gasteiger partial charge is 0.486 e. The molecule has 0 bridgehead atoms. The van der Waals surface area contributed by atoms with E-state index in [1.807, 2.05) is 30.4 Å². The predicted molar refractivity (Wildman–Crippen MR) is 111 cm³/mol. The summed E-state index contributed by atoms with van der Waals surface area (Å²) in [6.07, 6.45) is 3.68. The molecular weight excluding hydrogens is 399 g/mol. The smallest absolute Gasteiger partial charge is 0.335 e.